The molecular formula is C14H23NO4. The molecule has 0 aromatic heterocycles. The van der Waals surface area contributed by atoms with E-state index in [0.29, 0.717) is 13.2 Å². The van der Waals surface area contributed by atoms with Crippen LogP contribution in [0.25, 0.3) is 0 Å². The molecule has 1 amide bonds. The first-order valence-corrected chi connectivity index (χ1v) is 7.22. The minimum Gasteiger partial charge on any atom is -0.481 e. The fourth-order valence-corrected chi connectivity index (χ4v) is 3.21. The summed E-state index contributed by atoms with van der Waals surface area (Å²) in [4.78, 5) is 23.0. The standard InChI is InChI=1S/C14H23NO4/c16-12(17)9-14(6-2-1-3-7-14)10-15-13(18)11-5-4-8-19-11/h11H,1-10H2,(H,15,18)(H,16,17)/t11-/m1/s1. The van der Waals surface area contributed by atoms with Crippen LogP contribution in [0.2, 0.25) is 0 Å². The molecule has 0 radical (unpaired) electrons. The fourth-order valence-electron chi connectivity index (χ4n) is 3.21. The average Bonchev–Trinajstić information content (AvgIpc) is 2.90. The lowest BCUT2D eigenvalue weighted by molar-refractivity contribution is -0.141. The fraction of sp³-hybridized carbons (Fsp3) is 0.857. The van der Waals surface area contributed by atoms with Crippen molar-refractivity contribution in [2.45, 2.75) is 57.5 Å². The van der Waals surface area contributed by atoms with E-state index < -0.39 is 5.97 Å². The number of nitrogens with one attached hydrogen (secondary N) is 1. The van der Waals surface area contributed by atoms with Gasteiger partial charge in [0.25, 0.3) is 0 Å². The van der Waals surface area contributed by atoms with E-state index in [0.717, 1.165) is 38.5 Å². The maximum absolute atomic E-state index is 11.9. The summed E-state index contributed by atoms with van der Waals surface area (Å²) in [6, 6.07) is 0. The van der Waals surface area contributed by atoms with Crippen LogP contribution in [-0.2, 0) is 14.3 Å². The van der Waals surface area contributed by atoms with Gasteiger partial charge in [-0.3, -0.25) is 9.59 Å². The van der Waals surface area contributed by atoms with Gasteiger partial charge >= 0.3 is 5.97 Å². The third-order valence-corrected chi connectivity index (χ3v) is 4.30. The predicted molar refractivity (Wildman–Crippen MR) is 69.8 cm³/mol. The Morgan fingerprint density at radius 1 is 1.21 bits per heavy atom. The first-order chi connectivity index (χ1) is 9.11. The number of carbonyl (C=O) groups excluding carboxylic acids is 1. The molecule has 1 aliphatic carbocycles. The summed E-state index contributed by atoms with van der Waals surface area (Å²) in [6.07, 6.45) is 6.60. The van der Waals surface area contributed by atoms with Crippen molar-refractivity contribution in [2.75, 3.05) is 13.2 Å². The molecule has 2 aliphatic rings. The van der Waals surface area contributed by atoms with E-state index in [2.05, 4.69) is 5.32 Å². The van der Waals surface area contributed by atoms with Gasteiger partial charge in [-0.1, -0.05) is 19.3 Å². The zero-order chi connectivity index (χ0) is 13.7. The van der Waals surface area contributed by atoms with E-state index in [1.54, 1.807) is 0 Å². The second kappa shape index (κ2) is 6.37. The number of carboxylic acids is 1. The summed E-state index contributed by atoms with van der Waals surface area (Å²) >= 11 is 0. The van der Waals surface area contributed by atoms with Gasteiger partial charge in [0.15, 0.2) is 0 Å². The van der Waals surface area contributed by atoms with Crippen molar-refractivity contribution < 1.29 is 19.4 Å². The minimum absolute atomic E-state index is 0.0761. The molecule has 5 heteroatoms. The Labute approximate surface area is 113 Å². The van der Waals surface area contributed by atoms with Gasteiger partial charge < -0.3 is 15.2 Å². The van der Waals surface area contributed by atoms with Crippen molar-refractivity contribution in [1.29, 1.82) is 0 Å². The maximum atomic E-state index is 11.9. The monoisotopic (exact) mass is 269 g/mol. The summed E-state index contributed by atoms with van der Waals surface area (Å²) in [5, 5.41) is 12.0. The van der Waals surface area contributed by atoms with Crippen LogP contribution in [0.4, 0.5) is 0 Å². The molecule has 1 atom stereocenters. The maximum Gasteiger partial charge on any atom is 0.303 e. The van der Waals surface area contributed by atoms with Crippen LogP contribution in [0.3, 0.4) is 0 Å². The van der Waals surface area contributed by atoms with Crippen LogP contribution >= 0.6 is 0 Å². The van der Waals surface area contributed by atoms with Gasteiger partial charge in [0.1, 0.15) is 6.10 Å². The molecule has 2 rings (SSSR count). The molecule has 0 spiro atoms. The second-order valence-corrected chi connectivity index (χ2v) is 5.85. The van der Waals surface area contributed by atoms with Crippen molar-refractivity contribution in [3.8, 4) is 0 Å². The highest BCUT2D eigenvalue weighted by Crippen LogP contribution is 2.38. The third kappa shape index (κ3) is 3.93. The summed E-state index contributed by atoms with van der Waals surface area (Å²) < 4.78 is 5.34. The van der Waals surface area contributed by atoms with E-state index in [1.807, 2.05) is 0 Å². The number of carboxylic acid groups (broad SMARTS) is 1. The second-order valence-electron chi connectivity index (χ2n) is 5.85. The summed E-state index contributed by atoms with van der Waals surface area (Å²) in [5.41, 5.74) is -0.252. The number of ether oxygens (including phenoxy) is 1. The van der Waals surface area contributed by atoms with Crippen molar-refractivity contribution in [2.24, 2.45) is 5.41 Å². The van der Waals surface area contributed by atoms with Crippen LogP contribution < -0.4 is 5.32 Å². The van der Waals surface area contributed by atoms with Crippen LogP contribution in [0.15, 0.2) is 0 Å². The average molecular weight is 269 g/mol. The van der Waals surface area contributed by atoms with Gasteiger partial charge in [-0.05, 0) is 31.1 Å². The molecule has 0 bridgehead atoms. The van der Waals surface area contributed by atoms with Crippen LogP contribution in [-0.4, -0.2) is 36.2 Å². The molecule has 1 aliphatic heterocycles. The highest BCUT2D eigenvalue weighted by molar-refractivity contribution is 5.81. The third-order valence-electron chi connectivity index (χ3n) is 4.30. The Morgan fingerprint density at radius 3 is 2.53 bits per heavy atom. The molecule has 1 saturated carbocycles. The van der Waals surface area contributed by atoms with Gasteiger partial charge in [0, 0.05) is 13.2 Å². The quantitative estimate of drug-likeness (QED) is 0.796. The van der Waals surface area contributed by atoms with Crippen molar-refractivity contribution >= 4 is 11.9 Å². The van der Waals surface area contributed by atoms with Gasteiger partial charge in [0.2, 0.25) is 5.91 Å². The van der Waals surface area contributed by atoms with Gasteiger partial charge in [-0.2, -0.15) is 0 Å². The molecule has 19 heavy (non-hydrogen) atoms. The largest absolute Gasteiger partial charge is 0.481 e. The number of aliphatic carboxylic acids is 1. The Kier molecular flexibility index (Phi) is 4.80. The van der Waals surface area contributed by atoms with Crippen molar-refractivity contribution in [3.05, 3.63) is 0 Å². The number of hydrogen-bond acceptors (Lipinski definition) is 3. The Morgan fingerprint density at radius 2 is 1.95 bits per heavy atom. The van der Waals surface area contributed by atoms with Crippen LogP contribution in [0.1, 0.15) is 51.4 Å². The Balaban J connectivity index is 1.88. The SMILES string of the molecule is O=C(O)CC1(CNC(=O)[C@H]2CCCO2)CCCCC1. The molecule has 0 aromatic rings. The van der Waals surface area contributed by atoms with Gasteiger partial charge in [0.05, 0.1) is 6.42 Å². The van der Waals surface area contributed by atoms with Crippen molar-refractivity contribution in [3.63, 3.8) is 0 Å². The highest BCUT2D eigenvalue weighted by atomic mass is 16.5. The molecule has 1 heterocycles. The Bertz CT molecular complexity index is 330. The molecule has 108 valence electrons. The van der Waals surface area contributed by atoms with Crippen LogP contribution in [0, 0.1) is 5.41 Å². The predicted octanol–water partition coefficient (Wildman–Crippen LogP) is 1.71. The molecule has 2 fully saturated rings. The molecule has 0 unspecified atom stereocenters. The summed E-state index contributed by atoms with van der Waals surface area (Å²) in [7, 11) is 0. The molecule has 1 saturated heterocycles. The first kappa shape index (κ1) is 14.3. The molecule has 5 nitrogen and oxygen atoms in total. The molecular weight excluding hydrogens is 246 g/mol. The number of amides is 1. The van der Waals surface area contributed by atoms with Gasteiger partial charge in [-0.25, -0.2) is 0 Å². The Hall–Kier alpha value is -1.10. The van der Waals surface area contributed by atoms with Crippen LogP contribution in [0.5, 0.6) is 0 Å². The normalized spacial score (nSPS) is 26.0. The van der Waals surface area contributed by atoms with E-state index in [1.165, 1.54) is 6.42 Å². The molecule has 0 aromatic carbocycles. The lowest BCUT2D eigenvalue weighted by atomic mass is 9.71. The number of rotatable bonds is 5. The van der Waals surface area contributed by atoms with Crippen molar-refractivity contribution in [1.82, 2.24) is 5.32 Å². The molecule has 2 N–H and O–H groups in total. The van der Waals surface area contributed by atoms with E-state index in [4.69, 9.17) is 9.84 Å². The zero-order valence-electron chi connectivity index (χ0n) is 11.3. The van der Waals surface area contributed by atoms with E-state index in [9.17, 15) is 9.59 Å². The first-order valence-electron chi connectivity index (χ1n) is 7.22. The van der Waals surface area contributed by atoms with Gasteiger partial charge in [-0.15, -0.1) is 0 Å². The van der Waals surface area contributed by atoms with E-state index >= 15 is 0 Å². The number of carbonyl (C=O) groups is 2. The zero-order valence-corrected chi connectivity index (χ0v) is 11.3. The number of hydrogen-bond donors (Lipinski definition) is 2. The minimum atomic E-state index is -0.770. The summed E-state index contributed by atoms with van der Waals surface area (Å²) in [6.45, 7) is 1.12. The lowest BCUT2D eigenvalue weighted by Crippen LogP contribution is -2.43. The highest BCUT2D eigenvalue weighted by Gasteiger charge is 2.35. The topological polar surface area (TPSA) is 75.6 Å². The smallest absolute Gasteiger partial charge is 0.303 e. The summed E-state index contributed by atoms with van der Waals surface area (Å²) in [5.74, 6) is -0.846. The lowest BCUT2D eigenvalue weighted by Gasteiger charge is -2.36. The van der Waals surface area contributed by atoms with E-state index in [-0.39, 0.29) is 23.8 Å².